The molecule has 2 rings (SSSR count). The number of aromatic nitrogens is 2. The van der Waals surface area contributed by atoms with Crippen molar-refractivity contribution in [1.29, 1.82) is 0 Å². The van der Waals surface area contributed by atoms with Crippen LogP contribution in [0.15, 0.2) is 34.9 Å². The quantitative estimate of drug-likeness (QED) is 0.738. The van der Waals surface area contributed by atoms with Gasteiger partial charge in [0.2, 0.25) is 5.89 Å². The van der Waals surface area contributed by atoms with Crippen molar-refractivity contribution in [2.24, 2.45) is 0 Å². The number of nitrogens with one attached hydrogen (secondary N) is 1. The van der Waals surface area contributed by atoms with Gasteiger partial charge in [-0.3, -0.25) is 0 Å². The zero-order chi connectivity index (χ0) is 13.3. The summed E-state index contributed by atoms with van der Waals surface area (Å²) >= 11 is 0. The SMILES string of the molecule is CCCNCc1nc(CCOc2ccccc2)no1. The Labute approximate surface area is 113 Å². The van der Waals surface area contributed by atoms with Gasteiger partial charge in [-0.05, 0) is 25.1 Å². The Morgan fingerprint density at radius 1 is 1.26 bits per heavy atom. The predicted molar refractivity (Wildman–Crippen MR) is 71.9 cm³/mol. The van der Waals surface area contributed by atoms with E-state index >= 15 is 0 Å². The van der Waals surface area contributed by atoms with Crippen molar-refractivity contribution in [2.45, 2.75) is 26.3 Å². The second-order valence-electron chi connectivity index (χ2n) is 4.19. The van der Waals surface area contributed by atoms with Gasteiger partial charge in [0.25, 0.3) is 0 Å². The molecule has 2 aromatic rings. The van der Waals surface area contributed by atoms with Gasteiger partial charge in [0.15, 0.2) is 5.82 Å². The van der Waals surface area contributed by atoms with Crippen LogP contribution < -0.4 is 10.1 Å². The Hall–Kier alpha value is -1.88. The molecule has 1 aromatic heterocycles. The fourth-order valence-electron chi connectivity index (χ4n) is 1.61. The van der Waals surface area contributed by atoms with Crippen molar-refractivity contribution < 1.29 is 9.26 Å². The van der Waals surface area contributed by atoms with Gasteiger partial charge in [-0.15, -0.1) is 0 Å². The van der Waals surface area contributed by atoms with Gasteiger partial charge in [0.05, 0.1) is 13.2 Å². The zero-order valence-electron chi connectivity index (χ0n) is 11.1. The smallest absolute Gasteiger partial charge is 0.240 e. The molecule has 0 amide bonds. The normalized spacial score (nSPS) is 10.6. The summed E-state index contributed by atoms with van der Waals surface area (Å²) < 4.78 is 10.7. The third kappa shape index (κ3) is 4.71. The van der Waals surface area contributed by atoms with Crippen LogP contribution in [0.25, 0.3) is 0 Å². The summed E-state index contributed by atoms with van der Waals surface area (Å²) in [7, 11) is 0. The van der Waals surface area contributed by atoms with Crippen LogP contribution in [0.4, 0.5) is 0 Å². The van der Waals surface area contributed by atoms with Crippen LogP contribution in [-0.2, 0) is 13.0 Å². The van der Waals surface area contributed by atoms with E-state index in [0.717, 1.165) is 18.7 Å². The van der Waals surface area contributed by atoms with Gasteiger partial charge in [-0.25, -0.2) is 0 Å². The molecule has 1 aromatic carbocycles. The van der Waals surface area contributed by atoms with E-state index in [-0.39, 0.29) is 0 Å². The molecule has 5 heteroatoms. The first-order valence-electron chi connectivity index (χ1n) is 6.58. The molecule has 102 valence electrons. The molecule has 19 heavy (non-hydrogen) atoms. The predicted octanol–water partition coefficient (Wildman–Crippen LogP) is 2.19. The summed E-state index contributed by atoms with van der Waals surface area (Å²) in [6.45, 7) is 4.24. The van der Waals surface area contributed by atoms with Gasteiger partial charge in [0, 0.05) is 6.42 Å². The maximum atomic E-state index is 5.58. The van der Waals surface area contributed by atoms with Crippen molar-refractivity contribution in [3.63, 3.8) is 0 Å². The third-order valence-electron chi connectivity index (χ3n) is 2.55. The number of ether oxygens (including phenoxy) is 1. The highest BCUT2D eigenvalue weighted by atomic mass is 16.5. The lowest BCUT2D eigenvalue weighted by Crippen LogP contribution is -2.14. The van der Waals surface area contributed by atoms with E-state index in [2.05, 4.69) is 22.4 Å². The van der Waals surface area contributed by atoms with Crippen molar-refractivity contribution in [3.05, 3.63) is 42.0 Å². The molecule has 0 radical (unpaired) electrons. The molecule has 0 bridgehead atoms. The van der Waals surface area contributed by atoms with Crippen LogP contribution in [0.5, 0.6) is 5.75 Å². The molecule has 0 saturated carbocycles. The van der Waals surface area contributed by atoms with Gasteiger partial charge in [-0.2, -0.15) is 4.98 Å². The van der Waals surface area contributed by atoms with Gasteiger partial charge in [0.1, 0.15) is 5.75 Å². The molecule has 0 atom stereocenters. The molecule has 0 aliphatic heterocycles. The monoisotopic (exact) mass is 261 g/mol. The first-order valence-corrected chi connectivity index (χ1v) is 6.58. The third-order valence-corrected chi connectivity index (χ3v) is 2.55. The van der Waals surface area contributed by atoms with Crippen LogP contribution in [0.1, 0.15) is 25.1 Å². The molecule has 1 N–H and O–H groups in total. The van der Waals surface area contributed by atoms with E-state index in [1.807, 2.05) is 30.3 Å². The molecule has 1 heterocycles. The minimum atomic E-state index is 0.547. The molecular formula is C14H19N3O2. The average molecular weight is 261 g/mol. The largest absolute Gasteiger partial charge is 0.493 e. The van der Waals surface area contributed by atoms with Crippen LogP contribution in [0.3, 0.4) is 0 Å². The second-order valence-corrected chi connectivity index (χ2v) is 4.19. The standard InChI is InChI=1S/C14H19N3O2/c1-2-9-15-11-14-16-13(17-19-14)8-10-18-12-6-4-3-5-7-12/h3-7,15H,2,8-11H2,1H3. The molecule has 0 fully saturated rings. The second kappa shape index (κ2) is 7.53. The number of nitrogens with zero attached hydrogens (tertiary/aromatic N) is 2. The van der Waals surface area contributed by atoms with Crippen molar-refractivity contribution >= 4 is 0 Å². The maximum Gasteiger partial charge on any atom is 0.240 e. The lowest BCUT2D eigenvalue weighted by Gasteiger charge is -2.02. The van der Waals surface area contributed by atoms with E-state index in [4.69, 9.17) is 9.26 Å². The van der Waals surface area contributed by atoms with Crippen molar-refractivity contribution in [1.82, 2.24) is 15.5 Å². The average Bonchev–Trinajstić information content (AvgIpc) is 2.88. The number of hydrogen-bond donors (Lipinski definition) is 1. The van der Waals surface area contributed by atoms with Crippen LogP contribution in [-0.4, -0.2) is 23.3 Å². The highest BCUT2D eigenvalue weighted by Gasteiger charge is 2.05. The van der Waals surface area contributed by atoms with Gasteiger partial charge < -0.3 is 14.6 Å². The Bertz CT molecular complexity index is 471. The van der Waals surface area contributed by atoms with Crippen molar-refractivity contribution in [3.8, 4) is 5.75 Å². The molecular weight excluding hydrogens is 242 g/mol. The molecule has 0 spiro atoms. The minimum absolute atomic E-state index is 0.547. The van der Waals surface area contributed by atoms with Crippen LogP contribution in [0.2, 0.25) is 0 Å². The molecule has 5 nitrogen and oxygen atoms in total. The molecule has 0 unspecified atom stereocenters. The van der Waals surface area contributed by atoms with E-state index in [1.54, 1.807) is 0 Å². The maximum absolute atomic E-state index is 5.58. The highest BCUT2D eigenvalue weighted by Crippen LogP contribution is 2.08. The summed E-state index contributed by atoms with van der Waals surface area (Å²) in [6, 6.07) is 9.71. The Morgan fingerprint density at radius 3 is 2.89 bits per heavy atom. The first kappa shape index (κ1) is 13.5. The summed E-state index contributed by atoms with van der Waals surface area (Å²) in [6.07, 6.45) is 1.73. The van der Waals surface area contributed by atoms with E-state index in [9.17, 15) is 0 Å². The van der Waals surface area contributed by atoms with E-state index in [0.29, 0.717) is 31.3 Å². The molecule has 0 aliphatic carbocycles. The summed E-state index contributed by atoms with van der Waals surface area (Å²) in [4.78, 5) is 4.29. The molecule has 0 aliphatic rings. The summed E-state index contributed by atoms with van der Waals surface area (Å²) in [5.74, 6) is 2.17. The van der Waals surface area contributed by atoms with Crippen molar-refractivity contribution in [2.75, 3.05) is 13.2 Å². The Morgan fingerprint density at radius 2 is 2.11 bits per heavy atom. The topological polar surface area (TPSA) is 60.2 Å². The Kier molecular flexibility index (Phi) is 5.37. The van der Waals surface area contributed by atoms with Gasteiger partial charge in [-0.1, -0.05) is 30.3 Å². The number of benzene rings is 1. The fourth-order valence-corrected chi connectivity index (χ4v) is 1.61. The summed E-state index contributed by atoms with van der Waals surface area (Å²) in [5, 5.41) is 7.14. The van der Waals surface area contributed by atoms with E-state index < -0.39 is 0 Å². The number of rotatable bonds is 8. The zero-order valence-corrected chi connectivity index (χ0v) is 11.1. The number of para-hydroxylation sites is 1. The minimum Gasteiger partial charge on any atom is -0.493 e. The van der Waals surface area contributed by atoms with E-state index in [1.165, 1.54) is 0 Å². The van der Waals surface area contributed by atoms with Gasteiger partial charge >= 0.3 is 0 Å². The fraction of sp³-hybridized carbons (Fsp3) is 0.429. The lowest BCUT2D eigenvalue weighted by molar-refractivity contribution is 0.313. The lowest BCUT2D eigenvalue weighted by atomic mass is 10.3. The molecule has 0 saturated heterocycles. The van der Waals surface area contributed by atoms with Crippen LogP contribution in [0, 0.1) is 0 Å². The number of hydrogen-bond acceptors (Lipinski definition) is 5. The van der Waals surface area contributed by atoms with Crippen LogP contribution >= 0.6 is 0 Å². The highest BCUT2D eigenvalue weighted by molar-refractivity contribution is 5.20. The Balaban J connectivity index is 1.71. The first-order chi connectivity index (χ1) is 9.38. The summed E-state index contributed by atoms with van der Waals surface area (Å²) in [5.41, 5.74) is 0.